The van der Waals surface area contributed by atoms with Gasteiger partial charge < -0.3 is 4.74 Å². The van der Waals surface area contributed by atoms with Gasteiger partial charge in [0, 0.05) is 24.7 Å². The van der Waals surface area contributed by atoms with Gasteiger partial charge in [-0.3, -0.25) is 8.99 Å². The summed E-state index contributed by atoms with van der Waals surface area (Å²) in [6, 6.07) is 16.8. The van der Waals surface area contributed by atoms with Crippen LogP contribution in [0.15, 0.2) is 71.8 Å². The first kappa shape index (κ1) is 30.0. The third-order valence-corrected chi connectivity index (χ3v) is 11.1. The first-order valence-corrected chi connectivity index (χ1v) is 19.1. The molecule has 1 atom stereocenters. The molecular weight excluding hydrogens is 591 g/mol. The summed E-state index contributed by atoms with van der Waals surface area (Å²) in [6.07, 6.45) is 3.90. The lowest BCUT2D eigenvalue weighted by Gasteiger charge is -2.35. The second-order valence-corrected chi connectivity index (χ2v) is 18.9. The summed E-state index contributed by atoms with van der Waals surface area (Å²) in [5, 5.41) is 9.96. The maximum Gasteiger partial charge on any atom is 0.264 e. The highest BCUT2D eigenvalue weighted by Crippen LogP contribution is 2.39. The van der Waals surface area contributed by atoms with Crippen molar-refractivity contribution in [3.63, 3.8) is 0 Å². The molecule has 42 heavy (non-hydrogen) atoms. The number of benzene rings is 3. The fraction of sp³-hybridized carbons (Fsp3) is 0.290. The molecule has 5 rings (SSSR count). The number of nitrogens with zero attached hydrogens (tertiary/aromatic N) is 4. The molecule has 0 saturated heterocycles. The minimum absolute atomic E-state index is 0.129. The van der Waals surface area contributed by atoms with E-state index >= 15 is 0 Å². The molecule has 2 heterocycles. The molecule has 0 aliphatic carbocycles. The van der Waals surface area contributed by atoms with Crippen molar-refractivity contribution < 1.29 is 17.5 Å². The lowest BCUT2D eigenvalue weighted by Crippen LogP contribution is -2.44. The van der Waals surface area contributed by atoms with Crippen LogP contribution in [0.2, 0.25) is 24.7 Å². The second-order valence-electron chi connectivity index (χ2n) is 11.6. The van der Waals surface area contributed by atoms with E-state index in [4.69, 9.17) is 16.3 Å². The van der Waals surface area contributed by atoms with Crippen LogP contribution in [0.1, 0.15) is 30.0 Å². The molecular formula is C31H34ClFN4O3SSi. The molecule has 7 nitrogen and oxygen atoms in total. The van der Waals surface area contributed by atoms with Crippen LogP contribution in [-0.4, -0.2) is 44.1 Å². The van der Waals surface area contributed by atoms with Crippen LogP contribution in [0.5, 0.6) is 5.75 Å². The number of sulfonamides is 1. The Morgan fingerprint density at radius 2 is 1.90 bits per heavy atom. The fourth-order valence-corrected chi connectivity index (χ4v) is 7.72. The predicted octanol–water partition coefficient (Wildman–Crippen LogP) is 6.53. The van der Waals surface area contributed by atoms with Gasteiger partial charge in [-0.2, -0.15) is 0 Å². The Hall–Kier alpha value is -3.47. The van der Waals surface area contributed by atoms with Crippen LogP contribution in [0, 0.1) is 12.7 Å². The number of fused-ring (bicyclic) bond motifs is 1. The van der Waals surface area contributed by atoms with Crippen molar-refractivity contribution in [2.45, 2.75) is 57.5 Å². The van der Waals surface area contributed by atoms with Crippen molar-refractivity contribution in [3.05, 3.63) is 94.4 Å². The monoisotopic (exact) mass is 624 g/mol. The summed E-state index contributed by atoms with van der Waals surface area (Å²) >= 11 is 6.29. The molecule has 0 unspecified atom stereocenters. The van der Waals surface area contributed by atoms with E-state index in [1.165, 1.54) is 10.4 Å². The Bertz CT molecular complexity index is 1750. The Balaban J connectivity index is 1.50. The Kier molecular flexibility index (Phi) is 8.33. The van der Waals surface area contributed by atoms with Crippen LogP contribution in [-0.2, 0) is 16.6 Å². The van der Waals surface area contributed by atoms with E-state index in [1.54, 1.807) is 60.1 Å². The van der Waals surface area contributed by atoms with E-state index in [0.29, 0.717) is 46.1 Å². The van der Waals surface area contributed by atoms with Crippen molar-refractivity contribution >= 4 is 52.4 Å². The van der Waals surface area contributed by atoms with Crippen molar-refractivity contribution in [1.29, 1.82) is 0 Å². The Morgan fingerprint density at radius 1 is 1.14 bits per heavy atom. The topological polar surface area (TPSA) is 77.3 Å². The average Bonchev–Trinajstić information content (AvgIpc) is 3.41. The molecule has 1 aliphatic rings. The van der Waals surface area contributed by atoms with Gasteiger partial charge in [0.25, 0.3) is 10.0 Å². The SMILES string of the molecule is C/C(=C\c1ccc2c(c1)N(S(=O)(=O)c1cccc(C)c1)C[C@H](CCn1cc([Si](C)(C)C)nn1)O2)c1c(F)cccc1Cl. The first-order chi connectivity index (χ1) is 19.8. The number of ether oxygens (including phenoxy) is 1. The van der Waals surface area contributed by atoms with Crippen molar-refractivity contribution in [3.8, 4) is 5.75 Å². The normalized spacial score (nSPS) is 15.8. The van der Waals surface area contributed by atoms with Crippen LogP contribution < -0.4 is 14.4 Å². The lowest BCUT2D eigenvalue weighted by atomic mass is 10.0. The molecule has 0 amide bonds. The molecule has 0 spiro atoms. The molecule has 1 aromatic heterocycles. The third-order valence-electron chi connectivity index (χ3n) is 7.22. The number of aryl methyl sites for hydroxylation is 2. The van der Waals surface area contributed by atoms with E-state index in [-0.39, 0.29) is 11.4 Å². The smallest absolute Gasteiger partial charge is 0.264 e. The average molecular weight is 625 g/mol. The largest absolute Gasteiger partial charge is 0.486 e. The van der Waals surface area contributed by atoms with Gasteiger partial charge in [0.2, 0.25) is 0 Å². The summed E-state index contributed by atoms with van der Waals surface area (Å²) in [7, 11) is -5.52. The number of hydrogen-bond donors (Lipinski definition) is 0. The molecule has 1 aliphatic heterocycles. The predicted molar refractivity (Wildman–Crippen MR) is 169 cm³/mol. The number of aromatic nitrogens is 3. The van der Waals surface area contributed by atoms with E-state index < -0.39 is 30.0 Å². The molecule has 4 aromatic rings. The number of hydrogen-bond acceptors (Lipinski definition) is 5. The molecule has 220 valence electrons. The Morgan fingerprint density at radius 3 is 2.60 bits per heavy atom. The zero-order chi connectivity index (χ0) is 30.2. The van der Waals surface area contributed by atoms with Crippen LogP contribution in [0.4, 0.5) is 10.1 Å². The molecule has 0 bridgehead atoms. The van der Waals surface area contributed by atoms with E-state index in [1.807, 2.05) is 25.3 Å². The van der Waals surface area contributed by atoms with Crippen LogP contribution >= 0.6 is 11.6 Å². The van der Waals surface area contributed by atoms with Crippen LogP contribution in [0.3, 0.4) is 0 Å². The minimum atomic E-state index is -3.92. The van der Waals surface area contributed by atoms with E-state index in [9.17, 15) is 12.8 Å². The van der Waals surface area contributed by atoms with Crippen molar-refractivity contribution in [1.82, 2.24) is 15.0 Å². The summed E-state index contributed by atoms with van der Waals surface area (Å²) < 4.78 is 52.2. The molecule has 0 N–H and O–H groups in total. The van der Waals surface area contributed by atoms with Gasteiger partial charge in [0.1, 0.15) is 25.7 Å². The highest BCUT2D eigenvalue weighted by atomic mass is 35.5. The zero-order valence-corrected chi connectivity index (χ0v) is 26.9. The number of halogens is 2. The molecule has 0 radical (unpaired) electrons. The van der Waals surface area contributed by atoms with Gasteiger partial charge in [-0.15, -0.1) is 5.10 Å². The number of allylic oxidation sites excluding steroid dienone is 1. The maximum absolute atomic E-state index is 14.6. The summed E-state index contributed by atoms with van der Waals surface area (Å²) in [4.78, 5) is 0.209. The van der Waals surface area contributed by atoms with Crippen molar-refractivity contribution in [2.75, 3.05) is 10.8 Å². The minimum Gasteiger partial charge on any atom is -0.486 e. The summed E-state index contributed by atoms with van der Waals surface area (Å²) in [5.41, 5.74) is 2.89. The number of rotatable bonds is 8. The lowest BCUT2D eigenvalue weighted by molar-refractivity contribution is 0.181. The molecule has 0 fully saturated rings. The van der Waals surface area contributed by atoms with E-state index in [0.717, 1.165) is 10.9 Å². The number of anilines is 1. The Labute approximate surface area is 252 Å². The van der Waals surface area contributed by atoms with Gasteiger partial charge in [-0.25, -0.2) is 12.8 Å². The zero-order valence-electron chi connectivity index (χ0n) is 24.3. The van der Waals surface area contributed by atoms with Crippen LogP contribution in [0.25, 0.3) is 11.6 Å². The second kappa shape index (κ2) is 11.7. The molecule has 11 heteroatoms. The molecule has 3 aromatic carbocycles. The fourth-order valence-electron chi connectivity index (χ4n) is 4.92. The van der Waals surface area contributed by atoms with Gasteiger partial charge in [-0.05, 0) is 66.9 Å². The summed E-state index contributed by atoms with van der Waals surface area (Å²) in [5.74, 6) is 0.0379. The highest BCUT2D eigenvalue weighted by molar-refractivity contribution is 7.92. The first-order valence-electron chi connectivity index (χ1n) is 13.8. The van der Waals surface area contributed by atoms with Gasteiger partial charge in [0.15, 0.2) is 0 Å². The quantitative estimate of drug-likeness (QED) is 0.165. The van der Waals surface area contributed by atoms with Crippen molar-refractivity contribution in [2.24, 2.45) is 0 Å². The third kappa shape index (κ3) is 6.30. The van der Waals surface area contributed by atoms with E-state index in [2.05, 4.69) is 30.0 Å². The van der Waals surface area contributed by atoms with Gasteiger partial charge in [-0.1, -0.05) is 66.8 Å². The standard InChI is InChI=1S/C31H34ClFN4O3SSi/c1-21-8-6-9-25(16-21)41(38,39)37-19-24(14-15-36-20-30(34-35-36)42(3,4)5)40-29-13-12-23(18-28(29)37)17-22(2)31-26(32)10-7-11-27(31)33/h6-13,16-18,20,24H,14-15,19H2,1-5H3/b22-17+/t24-/m0/s1. The molecule has 0 saturated carbocycles. The summed E-state index contributed by atoms with van der Waals surface area (Å²) in [6.45, 7) is 10.9. The van der Waals surface area contributed by atoms with Gasteiger partial charge in [0.05, 0.1) is 27.5 Å². The van der Waals surface area contributed by atoms with Gasteiger partial charge >= 0.3 is 0 Å². The maximum atomic E-state index is 14.6. The highest BCUT2D eigenvalue weighted by Gasteiger charge is 2.35.